The number of hydrogen-bond donors (Lipinski definition) is 3. The van der Waals surface area contributed by atoms with Gasteiger partial charge in [-0.05, 0) is 50.2 Å². The van der Waals surface area contributed by atoms with Crippen molar-refractivity contribution in [2.75, 3.05) is 51.2 Å². The van der Waals surface area contributed by atoms with E-state index < -0.39 is 6.10 Å². The van der Waals surface area contributed by atoms with Crippen LogP contribution in [0.5, 0.6) is 0 Å². The summed E-state index contributed by atoms with van der Waals surface area (Å²) >= 11 is 0. The monoisotopic (exact) mass is 346 g/mol. The summed E-state index contributed by atoms with van der Waals surface area (Å²) < 4.78 is 5.42. The highest BCUT2D eigenvalue weighted by Crippen LogP contribution is 2.11. The third-order valence-electron chi connectivity index (χ3n) is 4.55. The average Bonchev–Trinajstić information content (AvgIpc) is 3.16. The van der Waals surface area contributed by atoms with Crippen LogP contribution in [0.1, 0.15) is 23.2 Å². The number of carbonyl (C=O) groups is 2. The van der Waals surface area contributed by atoms with E-state index in [1.807, 2.05) is 0 Å². The zero-order valence-corrected chi connectivity index (χ0v) is 14.4. The van der Waals surface area contributed by atoms with Gasteiger partial charge < -0.3 is 25.6 Å². The molecule has 25 heavy (non-hydrogen) atoms. The molecule has 0 aromatic heterocycles. The summed E-state index contributed by atoms with van der Waals surface area (Å²) in [5, 5.41) is 8.88. The molecule has 7 heteroatoms. The fraction of sp³-hybridized carbons (Fsp3) is 0.556. The Morgan fingerprint density at radius 2 is 1.96 bits per heavy atom. The first-order valence-corrected chi connectivity index (χ1v) is 8.96. The number of ether oxygens (including phenoxy) is 1. The lowest BCUT2D eigenvalue weighted by Gasteiger charge is -2.22. The molecule has 2 aliphatic heterocycles. The average molecular weight is 346 g/mol. The number of morpholine rings is 1. The number of likely N-dealkylation sites (tertiary alicyclic amines) is 1. The molecular weight excluding hydrogens is 320 g/mol. The van der Waals surface area contributed by atoms with Crippen LogP contribution in [0.2, 0.25) is 0 Å². The number of anilines is 1. The minimum atomic E-state index is -0.470. The Balaban J connectivity index is 1.44. The molecule has 2 saturated heterocycles. The molecule has 3 rings (SSSR count). The number of nitrogens with zero attached hydrogens (tertiary/aromatic N) is 1. The van der Waals surface area contributed by atoms with Crippen molar-refractivity contribution in [3.05, 3.63) is 29.8 Å². The van der Waals surface area contributed by atoms with Crippen molar-refractivity contribution in [1.29, 1.82) is 0 Å². The van der Waals surface area contributed by atoms with E-state index in [2.05, 4.69) is 20.9 Å². The van der Waals surface area contributed by atoms with Gasteiger partial charge in [0.1, 0.15) is 6.10 Å². The summed E-state index contributed by atoms with van der Waals surface area (Å²) in [5.74, 6) is -0.257. The molecule has 2 amide bonds. The van der Waals surface area contributed by atoms with Crippen LogP contribution < -0.4 is 16.0 Å². The number of rotatable bonds is 6. The molecule has 2 fully saturated rings. The Hall–Kier alpha value is -1.96. The van der Waals surface area contributed by atoms with E-state index in [0.717, 1.165) is 26.2 Å². The maximum Gasteiger partial charge on any atom is 0.254 e. The number of nitrogens with one attached hydrogen (secondary N) is 3. The summed E-state index contributed by atoms with van der Waals surface area (Å²) in [6, 6.07) is 6.93. The van der Waals surface area contributed by atoms with E-state index in [1.165, 1.54) is 12.8 Å². The largest absolute Gasteiger partial charge is 0.366 e. The topological polar surface area (TPSA) is 82.7 Å². The summed E-state index contributed by atoms with van der Waals surface area (Å²) in [5.41, 5.74) is 1.25. The summed E-state index contributed by atoms with van der Waals surface area (Å²) in [4.78, 5) is 26.6. The van der Waals surface area contributed by atoms with Gasteiger partial charge in [0.15, 0.2) is 0 Å². The maximum absolute atomic E-state index is 12.2. The summed E-state index contributed by atoms with van der Waals surface area (Å²) in [7, 11) is 0. The second-order valence-electron chi connectivity index (χ2n) is 6.43. The molecule has 7 nitrogen and oxygen atoms in total. The molecule has 136 valence electrons. The Morgan fingerprint density at radius 1 is 1.20 bits per heavy atom. The van der Waals surface area contributed by atoms with Crippen LogP contribution in [0.15, 0.2) is 24.3 Å². The van der Waals surface area contributed by atoms with Crippen molar-refractivity contribution in [2.45, 2.75) is 18.9 Å². The lowest BCUT2D eigenvalue weighted by Crippen LogP contribution is -2.45. The molecule has 1 unspecified atom stereocenters. The highest BCUT2D eigenvalue weighted by molar-refractivity contribution is 5.97. The molecule has 0 bridgehead atoms. The lowest BCUT2D eigenvalue weighted by atomic mass is 10.2. The molecule has 0 aliphatic carbocycles. The fourth-order valence-corrected chi connectivity index (χ4v) is 3.10. The van der Waals surface area contributed by atoms with Gasteiger partial charge in [0.05, 0.1) is 6.61 Å². The SMILES string of the molecule is O=C(NCCN1CCCC1)c1ccc(NC(=O)C2CNCCO2)cc1. The molecule has 2 aliphatic rings. The minimum Gasteiger partial charge on any atom is -0.366 e. The summed E-state index contributed by atoms with van der Waals surface area (Å²) in [6.07, 6.45) is 2.04. The van der Waals surface area contributed by atoms with Crippen molar-refractivity contribution < 1.29 is 14.3 Å². The van der Waals surface area contributed by atoms with Gasteiger partial charge in [-0.2, -0.15) is 0 Å². The first-order chi connectivity index (χ1) is 12.2. The third-order valence-corrected chi connectivity index (χ3v) is 4.55. The van der Waals surface area contributed by atoms with E-state index in [-0.39, 0.29) is 11.8 Å². The Bertz CT molecular complexity index is 578. The predicted octanol–water partition coefficient (Wildman–Crippen LogP) is 0.439. The van der Waals surface area contributed by atoms with Crippen molar-refractivity contribution in [1.82, 2.24) is 15.5 Å². The Kier molecular flexibility index (Phi) is 6.38. The Morgan fingerprint density at radius 3 is 2.64 bits per heavy atom. The van der Waals surface area contributed by atoms with Crippen LogP contribution in [0.4, 0.5) is 5.69 Å². The van der Waals surface area contributed by atoms with Crippen LogP contribution >= 0.6 is 0 Å². The maximum atomic E-state index is 12.2. The molecule has 1 atom stereocenters. The molecule has 1 aromatic carbocycles. The van der Waals surface area contributed by atoms with Crippen molar-refractivity contribution >= 4 is 17.5 Å². The highest BCUT2D eigenvalue weighted by atomic mass is 16.5. The van der Waals surface area contributed by atoms with Crippen LogP contribution in [0, 0.1) is 0 Å². The normalized spacial score (nSPS) is 21.0. The summed E-state index contributed by atoms with van der Waals surface area (Å²) in [6.45, 7) is 5.64. The molecular formula is C18H26N4O3. The van der Waals surface area contributed by atoms with Crippen molar-refractivity contribution in [3.63, 3.8) is 0 Å². The molecule has 1 aromatic rings. The molecule has 0 spiro atoms. The fourth-order valence-electron chi connectivity index (χ4n) is 3.10. The van der Waals surface area contributed by atoms with Gasteiger partial charge in [0, 0.05) is 37.4 Å². The second-order valence-corrected chi connectivity index (χ2v) is 6.43. The molecule has 2 heterocycles. The van der Waals surface area contributed by atoms with Crippen LogP contribution in [0.3, 0.4) is 0 Å². The number of carbonyl (C=O) groups excluding carboxylic acids is 2. The third kappa shape index (κ3) is 5.26. The number of hydrogen-bond acceptors (Lipinski definition) is 5. The first kappa shape index (κ1) is 17.8. The van der Waals surface area contributed by atoms with E-state index in [1.54, 1.807) is 24.3 Å². The molecule has 0 radical (unpaired) electrons. The van der Waals surface area contributed by atoms with E-state index in [4.69, 9.17) is 4.74 Å². The van der Waals surface area contributed by atoms with Crippen LogP contribution in [0.25, 0.3) is 0 Å². The van der Waals surface area contributed by atoms with Crippen LogP contribution in [-0.4, -0.2) is 68.7 Å². The quantitative estimate of drug-likeness (QED) is 0.696. The van der Waals surface area contributed by atoms with Gasteiger partial charge in [-0.3, -0.25) is 9.59 Å². The highest BCUT2D eigenvalue weighted by Gasteiger charge is 2.21. The van der Waals surface area contributed by atoms with Gasteiger partial charge in [-0.15, -0.1) is 0 Å². The van der Waals surface area contributed by atoms with Gasteiger partial charge in [-0.25, -0.2) is 0 Å². The lowest BCUT2D eigenvalue weighted by molar-refractivity contribution is -0.128. The zero-order valence-electron chi connectivity index (χ0n) is 14.4. The van der Waals surface area contributed by atoms with Gasteiger partial charge in [0.25, 0.3) is 11.8 Å². The van der Waals surface area contributed by atoms with Gasteiger partial charge in [-0.1, -0.05) is 0 Å². The van der Waals surface area contributed by atoms with Crippen LogP contribution in [-0.2, 0) is 9.53 Å². The molecule has 0 saturated carbocycles. The van der Waals surface area contributed by atoms with Gasteiger partial charge >= 0.3 is 0 Å². The number of benzene rings is 1. The molecule has 3 N–H and O–H groups in total. The minimum absolute atomic E-state index is 0.0862. The Labute approximate surface area is 148 Å². The van der Waals surface area contributed by atoms with Crippen molar-refractivity contribution in [2.24, 2.45) is 0 Å². The standard InChI is InChI=1S/C18H26N4O3/c23-17(20-7-11-22-9-1-2-10-22)14-3-5-15(6-4-14)21-18(24)16-13-19-8-12-25-16/h3-6,16,19H,1-2,7-13H2,(H,20,23)(H,21,24). The first-order valence-electron chi connectivity index (χ1n) is 8.96. The zero-order chi connectivity index (χ0) is 17.5. The number of amides is 2. The van der Waals surface area contributed by atoms with Crippen molar-refractivity contribution in [3.8, 4) is 0 Å². The van der Waals surface area contributed by atoms with E-state index >= 15 is 0 Å². The van der Waals surface area contributed by atoms with E-state index in [9.17, 15) is 9.59 Å². The van der Waals surface area contributed by atoms with E-state index in [0.29, 0.717) is 30.9 Å². The smallest absolute Gasteiger partial charge is 0.254 e. The second kappa shape index (κ2) is 8.94. The predicted molar refractivity (Wildman–Crippen MR) is 95.7 cm³/mol. The van der Waals surface area contributed by atoms with Gasteiger partial charge in [0.2, 0.25) is 0 Å².